The van der Waals surface area contributed by atoms with Crippen molar-refractivity contribution in [2.24, 2.45) is 5.73 Å². The van der Waals surface area contributed by atoms with Crippen molar-refractivity contribution in [2.75, 3.05) is 0 Å². The predicted molar refractivity (Wildman–Crippen MR) is 24.9 cm³/mol. The zero-order valence-electron chi connectivity index (χ0n) is 3.51. The Hall–Kier alpha value is 0.150. The third kappa shape index (κ3) is 2.39. The van der Waals surface area contributed by atoms with Crippen LogP contribution in [0.15, 0.2) is 0 Å². The minimum atomic E-state index is -2.42. The van der Waals surface area contributed by atoms with Gasteiger partial charge in [-0.25, -0.2) is 0 Å². The summed E-state index contributed by atoms with van der Waals surface area (Å²) < 4.78 is 9.76. The van der Waals surface area contributed by atoms with E-state index in [2.05, 4.69) is 0 Å². The molecule has 0 saturated carbocycles. The number of hydrogen-bond donors (Lipinski definition) is 2. The molecule has 0 aromatic rings. The van der Waals surface area contributed by atoms with Gasteiger partial charge in [0.1, 0.15) is 0 Å². The van der Waals surface area contributed by atoms with Gasteiger partial charge in [-0.1, -0.05) is 0 Å². The number of nitrogens with two attached hydrogens (primary N) is 1. The first-order valence-corrected chi connectivity index (χ1v) is 3.06. The third-order valence-electron chi connectivity index (χ3n) is 0.390. The molecule has 2 atom stereocenters. The van der Waals surface area contributed by atoms with Crippen molar-refractivity contribution >= 4 is 8.03 Å². The van der Waals surface area contributed by atoms with Crippen LogP contribution in [0.25, 0.3) is 0 Å². The van der Waals surface area contributed by atoms with Gasteiger partial charge in [-0.15, -0.1) is 0 Å². The molecule has 4 heteroatoms. The molecule has 0 radical (unpaired) electrons. The molecule has 3 nitrogen and oxygen atoms in total. The Bertz CT molecular complexity index is 62.6. The molecule has 0 fully saturated rings. The minimum absolute atomic E-state index is 0.546. The summed E-state index contributed by atoms with van der Waals surface area (Å²) >= 11 is 0. The van der Waals surface area contributed by atoms with E-state index < -0.39 is 13.8 Å². The lowest BCUT2D eigenvalue weighted by atomic mass is 10.8. The summed E-state index contributed by atoms with van der Waals surface area (Å²) in [7, 11) is -2.42. The fourth-order valence-corrected chi connectivity index (χ4v) is 0. The summed E-state index contributed by atoms with van der Waals surface area (Å²) in [6.45, 7) is 1.50. The van der Waals surface area contributed by atoms with E-state index in [0.717, 1.165) is 0 Å². The topological polar surface area (TPSA) is 63.3 Å². The molecule has 0 aliphatic heterocycles. The third-order valence-corrected chi connectivity index (χ3v) is 1.17. The van der Waals surface area contributed by atoms with Crippen LogP contribution in [0.1, 0.15) is 6.92 Å². The first kappa shape index (κ1) is 6.15. The molecule has 0 heterocycles. The molecule has 6 heavy (non-hydrogen) atoms. The maximum Gasteiger partial charge on any atom is 0.205 e. The van der Waals surface area contributed by atoms with Crippen LogP contribution in [0.4, 0.5) is 0 Å². The van der Waals surface area contributed by atoms with E-state index in [4.69, 9.17) is 10.6 Å². The average Bonchev–Trinajstić information content (AvgIpc) is 1.36. The fourth-order valence-electron chi connectivity index (χ4n) is 0. The van der Waals surface area contributed by atoms with Gasteiger partial charge in [0.15, 0.2) is 0 Å². The van der Waals surface area contributed by atoms with Crippen LogP contribution >= 0.6 is 8.03 Å². The van der Waals surface area contributed by atoms with Crippen molar-refractivity contribution in [1.29, 1.82) is 0 Å². The molecule has 3 N–H and O–H groups in total. The Balaban J connectivity index is 3.26. The second kappa shape index (κ2) is 2.35. The fraction of sp³-hybridized carbons (Fsp3) is 1.00. The van der Waals surface area contributed by atoms with E-state index in [1.54, 1.807) is 0 Å². The normalized spacial score (nSPS) is 19.8. The van der Waals surface area contributed by atoms with Crippen molar-refractivity contribution in [1.82, 2.24) is 0 Å². The molecule has 0 aliphatic rings. The van der Waals surface area contributed by atoms with Gasteiger partial charge in [0, 0.05) is 0 Å². The Morgan fingerprint density at radius 1 is 2.00 bits per heavy atom. The summed E-state index contributed by atoms with van der Waals surface area (Å²) in [6, 6.07) is 0. The van der Waals surface area contributed by atoms with Crippen molar-refractivity contribution in [3.8, 4) is 0 Å². The molecule has 0 spiro atoms. The standard InChI is InChI=1S/C2H8NO2P/c1-2(3)6(4)5/h2,6H,3H2,1H3,(H,4,5). The molecular formula is C2H8NO2P. The summed E-state index contributed by atoms with van der Waals surface area (Å²) in [5, 5.41) is 0. The van der Waals surface area contributed by atoms with E-state index in [-0.39, 0.29) is 0 Å². The van der Waals surface area contributed by atoms with Crippen LogP contribution in [0, 0.1) is 0 Å². The molecular weight excluding hydrogens is 101 g/mol. The van der Waals surface area contributed by atoms with Crippen LogP contribution in [0.3, 0.4) is 0 Å². The molecule has 0 rings (SSSR count). The van der Waals surface area contributed by atoms with Crippen LogP contribution in [-0.4, -0.2) is 10.7 Å². The average molecular weight is 109 g/mol. The molecule has 2 unspecified atom stereocenters. The van der Waals surface area contributed by atoms with Gasteiger partial charge >= 0.3 is 0 Å². The first-order valence-electron chi connectivity index (χ1n) is 1.63. The lowest BCUT2D eigenvalue weighted by molar-refractivity contribution is 0.493. The van der Waals surface area contributed by atoms with Gasteiger partial charge in [-0.2, -0.15) is 0 Å². The first-order chi connectivity index (χ1) is 2.64. The van der Waals surface area contributed by atoms with Gasteiger partial charge in [0.05, 0.1) is 5.78 Å². The predicted octanol–water partition coefficient (Wildman–Crippen LogP) is -0.242. The van der Waals surface area contributed by atoms with E-state index in [9.17, 15) is 4.57 Å². The molecule has 0 saturated heterocycles. The van der Waals surface area contributed by atoms with Crippen LogP contribution in [0.2, 0.25) is 0 Å². The summed E-state index contributed by atoms with van der Waals surface area (Å²) in [5.41, 5.74) is 4.92. The zero-order valence-corrected chi connectivity index (χ0v) is 4.51. The monoisotopic (exact) mass is 109 g/mol. The van der Waals surface area contributed by atoms with Gasteiger partial charge < -0.3 is 10.6 Å². The second-order valence-corrected chi connectivity index (χ2v) is 2.71. The Morgan fingerprint density at radius 3 is 2.17 bits per heavy atom. The van der Waals surface area contributed by atoms with Crippen LogP contribution < -0.4 is 5.73 Å². The SMILES string of the molecule is CC(N)[PH](=O)O. The maximum atomic E-state index is 9.76. The lowest BCUT2D eigenvalue weighted by Crippen LogP contribution is -2.07. The number of hydrogen-bond acceptors (Lipinski definition) is 2. The van der Waals surface area contributed by atoms with E-state index >= 15 is 0 Å². The van der Waals surface area contributed by atoms with Crippen LogP contribution in [-0.2, 0) is 4.57 Å². The smallest absolute Gasteiger partial charge is 0.205 e. The molecule has 0 aromatic heterocycles. The lowest BCUT2D eigenvalue weighted by Gasteiger charge is -1.92. The highest BCUT2D eigenvalue weighted by atomic mass is 31.1. The van der Waals surface area contributed by atoms with Crippen molar-refractivity contribution < 1.29 is 9.46 Å². The van der Waals surface area contributed by atoms with Gasteiger partial charge in [-0.3, -0.25) is 4.57 Å². The van der Waals surface area contributed by atoms with Crippen molar-refractivity contribution in [3.05, 3.63) is 0 Å². The number of rotatable bonds is 1. The molecule has 0 bridgehead atoms. The summed E-state index contributed by atoms with van der Waals surface area (Å²) in [4.78, 5) is 8.05. The second-order valence-electron chi connectivity index (χ2n) is 1.13. The van der Waals surface area contributed by atoms with E-state index in [0.29, 0.717) is 0 Å². The summed E-state index contributed by atoms with van der Waals surface area (Å²) in [5.74, 6) is -0.546. The highest BCUT2D eigenvalue weighted by Crippen LogP contribution is 2.15. The van der Waals surface area contributed by atoms with Crippen molar-refractivity contribution in [3.63, 3.8) is 0 Å². The molecule has 38 valence electrons. The molecule has 0 amide bonds. The molecule has 0 aromatic carbocycles. The molecule has 0 aliphatic carbocycles. The highest BCUT2D eigenvalue weighted by molar-refractivity contribution is 7.38. The van der Waals surface area contributed by atoms with E-state index in [1.165, 1.54) is 6.92 Å². The van der Waals surface area contributed by atoms with Gasteiger partial charge in [0.25, 0.3) is 0 Å². The largest absolute Gasteiger partial charge is 0.345 e. The maximum absolute atomic E-state index is 9.76. The Labute approximate surface area is 37.0 Å². The van der Waals surface area contributed by atoms with Crippen LogP contribution in [0.5, 0.6) is 0 Å². The minimum Gasteiger partial charge on any atom is -0.345 e. The van der Waals surface area contributed by atoms with Gasteiger partial charge in [-0.05, 0) is 6.92 Å². The quantitative estimate of drug-likeness (QED) is 0.456. The Morgan fingerprint density at radius 2 is 2.17 bits per heavy atom. The summed E-state index contributed by atoms with van der Waals surface area (Å²) in [6.07, 6.45) is 0. The van der Waals surface area contributed by atoms with Gasteiger partial charge in [0.2, 0.25) is 8.03 Å². The zero-order chi connectivity index (χ0) is 5.15. The van der Waals surface area contributed by atoms with Crippen molar-refractivity contribution in [2.45, 2.75) is 12.7 Å². The Kier molecular flexibility index (Phi) is 2.40. The van der Waals surface area contributed by atoms with E-state index in [1.807, 2.05) is 0 Å². The highest BCUT2D eigenvalue weighted by Gasteiger charge is 1.95.